The molecule has 0 aliphatic carbocycles. The molecule has 4 heteroatoms. The molecule has 118 valence electrons. The first-order chi connectivity index (χ1) is 11.2. The first-order valence-electron chi connectivity index (χ1n) is 7.68. The summed E-state index contributed by atoms with van der Waals surface area (Å²) in [4.78, 5) is 19.0. The zero-order chi connectivity index (χ0) is 16.2. The fourth-order valence-electron chi connectivity index (χ4n) is 3.05. The number of carbonyl (C=O) groups excluding carboxylic acids is 1. The van der Waals surface area contributed by atoms with Crippen LogP contribution in [0.4, 0.5) is 5.69 Å². The summed E-state index contributed by atoms with van der Waals surface area (Å²) in [6.07, 6.45) is 0. The van der Waals surface area contributed by atoms with Crippen LogP contribution >= 0.6 is 0 Å². The molecule has 1 aliphatic heterocycles. The van der Waals surface area contributed by atoms with Gasteiger partial charge in [0, 0.05) is 19.5 Å². The van der Waals surface area contributed by atoms with E-state index in [9.17, 15) is 4.79 Å². The molecule has 0 saturated carbocycles. The van der Waals surface area contributed by atoms with Gasteiger partial charge in [-0.05, 0) is 17.7 Å². The summed E-state index contributed by atoms with van der Waals surface area (Å²) < 4.78 is 5.51. The number of rotatable bonds is 3. The van der Waals surface area contributed by atoms with E-state index in [0.717, 1.165) is 11.3 Å². The highest BCUT2D eigenvalue weighted by Gasteiger charge is 2.43. The highest BCUT2D eigenvalue weighted by molar-refractivity contribution is 6.03. The minimum atomic E-state index is -0.382. The summed E-state index contributed by atoms with van der Waals surface area (Å²) in [6.45, 7) is 0.671. The predicted octanol–water partition coefficient (Wildman–Crippen LogP) is 3.24. The molecule has 2 unspecified atom stereocenters. The Kier molecular flexibility index (Phi) is 4.42. The Balaban J connectivity index is 1.99. The number of carbonyl (C=O) groups is 1. The second kappa shape index (κ2) is 6.65. The van der Waals surface area contributed by atoms with Crippen LogP contribution in [0.1, 0.15) is 11.5 Å². The van der Waals surface area contributed by atoms with Crippen molar-refractivity contribution < 1.29 is 9.53 Å². The molecule has 0 bridgehead atoms. The van der Waals surface area contributed by atoms with Gasteiger partial charge in [0.25, 0.3) is 0 Å². The first-order valence-corrected chi connectivity index (χ1v) is 7.68. The third-order valence-corrected chi connectivity index (χ3v) is 4.21. The molecule has 1 saturated heterocycles. The lowest BCUT2D eigenvalue weighted by Crippen LogP contribution is -2.29. The molecule has 2 aromatic rings. The van der Waals surface area contributed by atoms with Crippen molar-refractivity contribution in [1.29, 1.82) is 0 Å². The van der Waals surface area contributed by atoms with E-state index in [1.165, 1.54) is 0 Å². The van der Waals surface area contributed by atoms with Gasteiger partial charge < -0.3 is 9.64 Å². The number of hydrogen-bond donors (Lipinski definition) is 0. The van der Waals surface area contributed by atoms with Crippen LogP contribution in [-0.2, 0) is 9.53 Å². The molecule has 1 aliphatic rings. The fraction of sp³-hybridized carbons (Fsp3) is 0.263. The zero-order valence-electron chi connectivity index (χ0n) is 13.3. The van der Waals surface area contributed by atoms with Crippen molar-refractivity contribution in [2.45, 2.75) is 5.92 Å². The summed E-state index contributed by atoms with van der Waals surface area (Å²) in [5, 5.41) is 0. The number of hydrogen-bond acceptors (Lipinski definition) is 3. The molecule has 1 fully saturated rings. The monoisotopic (exact) mass is 308 g/mol. The maximum absolute atomic E-state index is 12.6. The SMILES string of the molecule is COC(=Nc1ccccc1)C1C(=O)N(C)CC1c1ccccc1. The van der Waals surface area contributed by atoms with Crippen LogP contribution in [0.25, 0.3) is 0 Å². The van der Waals surface area contributed by atoms with Crippen molar-refractivity contribution in [2.24, 2.45) is 10.9 Å². The van der Waals surface area contributed by atoms with Gasteiger partial charge in [-0.15, -0.1) is 0 Å². The largest absolute Gasteiger partial charge is 0.483 e. The van der Waals surface area contributed by atoms with Crippen LogP contribution in [0.5, 0.6) is 0 Å². The van der Waals surface area contributed by atoms with Crippen LogP contribution in [-0.4, -0.2) is 37.4 Å². The van der Waals surface area contributed by atoms with Crippen molar-refractivity contribution in [2.75, 3.05) is 20.7 Å². The van der Waals surface area contributed by atoms with E-state index in [1.807, 2.05) is 55.6 Å². The van der Waals surface area contributed by atoms with Crippen molar-refractivity contribution in [3.63, 3.8) is 0 Å². The average molecular weight is 308 g/mol. The third-order valence-electron chi connectivity index (χ3n) is 4.21. The van der Waals surface area contributed by atoms with Crippen LogP contribution in [0.15, 0.2) is 65.7 Å². The van der Waals surface area contributed by atoms with Gasteiger partial charge in [-0.1, -0.05) is 48.5 Å². The summed E-state index contributed by atoms with van der Waals surface area (Å²) in [5.41, 5.74) is 1.92. The molecule has 3 rings (SSSR count). The summed E-state index contributed by atoms with van der Waals surface area (Å²) in [6, 6.07) is 19.7. The Morgan fingerprint density at radius 2 is 1.70 bits per heavy atom. The lowest BCUT2D eigenvalue weighted by molar-refractivity contribution is -0.128. The average Bonchev–Trinajstić information content (AvgIpc) is 2.90. The van der Waals surface area contributed by atoms with Gasteiger partial charge in [-0.25, -0.2) is 4.99 Å². The molecule has 23 heavy (non-hydrogen) atoms. The predicted molar refractivity (Wildman–Crippen MR) is 90.9 cm³/mol. The Bertz CT molecular complexity index is 698. The van der Waals surface area contributed by atoms with Crippen molar-refractivity contribution >= 4 is 17.5 Å². The van der Waals surface area contributed by atoms with E-state index in [0.29, 0.717) is 12.4 Å². The maximum atomic E-state index is 12.6. The number of likely N-dealkylation sites (tertiary alicyclic amines) is 1. The number of nitrogens with zero attached hydrogens (tertiary/aromatic N) is 2. The Labute approximate surface area is 136 Å². The first kappa shape index (κ1) is 15.3. The second-order valence-corrected chi connectivity index (χ2v) is 5.70. The third kappa shape index (κ3) is 3.11. The Hall–Kier alpha value is -2.62. The number of amides is 1. The number of methoxy groups -OCH3 is 1. The molecule has 0 aromatic heterocycles. The smallest absolute Gasteiger partial charge is 0.235 e. The van der Waals surface area contributed by atoms with E-state index in [4.69, 9.17) is 4.74 Å². The van der Waals surface area contributed by atoms with Crippen LogP contribution in [0, 0.1) is 5.92 Å². The minimum absolute atomic E-state index is 0.0513. The molecular weight excluding hydrogens is 288 g/mol. The van der Waals surface area contributed by atoms with Gasteiger partial charge in [0.1, 0.15) is 5.92 Å². The molecule has 0 radical (unpaired) electrons. The Morgan fingerprint density at radius 3 is 2.30 bits per heavy atom. The maximum Gasteiger partial charge on any atom is 0.235 e. The summed E-state index contributed by atoms with van der Waals surface area (Å²) in [5.74, 6) is 0.193. The molecule has 0 N–H and O–H groups in total. The van der Waals surface area contributed by atoms with Crippen molar-refractivity contribution in [1.82, 2.24) is 4.90 Å². The fourth-order valence-corrected chi connectivity index (χ4v) is 3.05. The van der Waals surface area contributed by atoms with Crippen LogP contribution in [0.3, 0.4) is 0 Å². The van der Waals surface area contributed by atoms with Crippen molar-refractivity contribution in [3.8, 4) is 0 Å². The highest BCUT2D eigenvalue weighted by Crippen LogP contribution is 2.34. The molecule has 1 heterocycles. The van der Waals surface area contributed by atoms with Crippen molar-refractivity contribution in [3.05, 3.63) is 66.2 Å². The van der Waals surface area contributed by atoms with Gasteiger partial charge in [0.05, 0.1) is 12.8 Å². The molecule has 2 atom stereocenters. The second-order valence-electron chi connectivity index (χ2n) is 5.70. The van der Waals surface area contributed by atoms with E-state index in [2.05, 4.69) is 17.1 Å². The van der Waals surface area contributed by atoms with Crippen LogP contribution in [0.2, 0.25) is 0 Å². The minimum Gasteiger partial charge on any atom is -0.483 e. The molecule has 4 nitrogen and oxygen atoms in total. The van der Waals surface area contributed by atoms with E-state index >= 15 is 0 Å². The normalized spacial score (nSPS) is 21.6. The lowest BCUT2D eigenvalue weighted by Gasteiger charge is -2.18. The van der Waals surface area contributed by atoms with Crippen LogP contribution < -0.4 is 0 Å². The molecular formula is C19H20N2O2. The standard InChI is InChI=1S/C19H20N2O2/c1-21-13-16(14-9-5-3-6-10-14)17(19(21)22)18(23-2)20-15-11-7-4-8-12-15/h3-12,16-17H,13H2,1-2H3. The number of benzene rings is 2. The zero-order valence-corrected chi connectivity index (χ0v) is 13.3. The topological polar surface area (TPSA) is 41.9 Å². The van der Waals surface area contributed by atoms with Gasteiger partial charge in [0.15, 0.2) is 0 Å². The summed E-state index contributed by atoms with van der Waals surface area (Å²) in [7, 11) is 3.41. The van der Waals surface area contributed by atoms with Gasteiger partial charge in [-0.3, -0.25) is 4.79 Å². The van der Waals surface area contributed by atoms with Gasteiger partial charge >= 0.3 is 0 Å². The summed E-state index contributed by atoms with van der Waals surface area (Å²) >= 11 is 0. The molecule has 1 amide bonds. The van der Waals surface area contributed by atoms with Gasteiger partial charge in [0.2, 0.25) is 11.8 Å². The quantitative estimate of drug-likeness (QED) is 0.645. The lowest BCUT2D eigenvalue weighted by atomic mass is 9.88. The van der Waals surface area contributed by atoms with E-state index in [1.54, 1.807) is 12.0 Å². The van der Waals surface area contributed by atoms with E-state index in [-0.39, 0.29) is 17.7 Å². The van der Waals surface area contributed by atoms with E-state index < -0.39 is 0 Å². The molecule has 0 spiro atoms. The van der Waals surface area contributed by atoms with Gasteiger partial charge in [-0.2, -0.15) is 0 Å². The number of aliphatic imine (C=N–C) groups is 1. The number of ether oxygens (including phenoxy) is 1. The number of para-hydroxylation sites is 1. The Morgan fingerprint density at radius 1 is 1.09 bits per heavy atom. The highest BCUT2D eigenvalue weighted by atomic mass is 16.5. The number of likely N-dealkylation sites (N-methyl/N-ethyl adjacent to an activating group) is 1. The molecule has 2 aromatic carbocycles.